The van der Waals surface area contributed by atoms with Crippen LogP contribution in [0, 0.1) is 5.92 Å². The number of carbonyl (C=O) groups is 1. The van der Waals surface area contributed by atoms with Crippen LogP contribution in [0.3, 0.4) is 0 Å². The highest BCUT2D eigenvalue weighted by molar-refractivity contribution is 5.58. The van der Waals surface area contributed by atoms with Crippen LogP contribution < -0.4 is 5.73 Å². The molecule has 3 heteroatoms. The fraction of sp³-hybridized carbons (Fsp3) is 0.300. The van der Waals surface area contributed by atoms with Crippen LogP contribution in [0.15, 0.2) is 18.2 Å². The van der Waals surface area contributed by atoms with Crippen molar-refractivity contribution in [3.8, 4) is 5.75 Å². The molecule has 3 nitrogen and oxygen atoms in total. The highest BCUT2D eigenvalue weighted by Crippen LogP contribution is 2.26. The summed E-state index contributed by atoms with van der Waals surface area (Å²) in [7, 11) is 0. The molecular formula is C10H13NO2. The zero-order chi connectivity index (χ0) is 9.84. The number of nitrogens with two attached hydrogens (primary N) is 1. The fourth-order valence-electron chi connectivity index (χ4n) is 1.17. The summed E-state index contributed by atoms with van der Waals surface area (Å²) in [5, 5.41) is 9.50. The molecule has 0 spiro atoms. The lowest BCUT2D eigenvalue weighted by molar-refractivity contribution is -0.110. The number of phenols is 1. The summed E-state index contributed by atoms with van der Waals surface area (Å²) in [5.41, 5.74) is 6.58. The SMILES string of the molecule is CC(C=O)Cc1cccc(N)c1O. The summed E-state index contributed by atoms with van der Waals surface area (Å²) >= 11 is 0. The number of phenolic OH excluding ortho intramolecular Hbond substituents is 1. The van der Waals surface area contributed by atoms with Gasteiger partial charge in [0.1, 0.15) is 12.0 Å². The predicted octanol–water partition coefficient (Wildman–Crippen LogP) is 1.35. The van der Waals surface area contributed by atoms with Crippen molar-refractivity contribution < 1.29 is 9.90 Å². The van der Waals surface area contributed by atoms with Gasteiger partial charge in [0.25, 0.3) is 0 Å². The lowest BCUT2D eigenvalue weighted by atomic mass is 10.0. The van der Waals surface area contributed by atoms with E-state index in [2.05, 4.69) is 0 Å². The van der Waals surface area contributed by atoms with Gasteiger partial charge in [-0.2, -0.15) is 0 Å². The number of carbonyl (C=O) groups excluding carboxylic acids is 1. The molecule has 1 atom stereocenters. The minimum absolute atomic E-state index is 0.0901. The first-order valence-corrected chi connectivity index (χ1v) is 4.16. The summed E-state index contributed by atoms with van der Waals surface area (Å²) in [6, 6.07) is 5.16. The lowest BCUT2D eigenvalue weighted by Crippen LogP contribution is -2.01. The van der Waals surface area contributed by atoms with E-state index in [1.165, 1.54) is 0 Å². The van der Waals surface area contributed by atoms with Crippen LogP contribution in [-0.2, 0) is 11.2 Å². The van der Waals surface area contributed by atoms with E-state index in [0.717, 1.165) is 11.8 Å². The minimum atomic E-state index is -0.0901. The van der Waals surface area contributed by atoms with Gasteiger partial charge in [-0.15, -0.1) is 0 Å². The van der Waals surface area contributed by atoms with Crippen molar-refractivity contribution in [2.24, 2.45) is 5.92 Å². The number of para-hydroxylation sites is 1. The summed E-state index contributed by atoms with van der Waals surface area (Å²) < 4.78 is 0. The van der Waals surface area contributed by atoms with Gasteiger partial charge in [0, 0.05) is 5.92 Å². The number of hydrogen-bond donors (Lipinski definition) is 2. The van der Waals surface area contributed by atoms with E-state index in [4.69, 9.17) is 5.73 Å². The summed E-state index contributed by atoms with van der Waals surface area (Å²) in [5.74, 6) is 0.00361. The zero-order valence-corrected chi connectivity index (χ0v) is 7.53. The molecule has 0 saturated carbocycles. The quantitative estimate of drug-likeness (QED) is 0.418. The maximum absolute atomic E-state index is 10.4. The molecule has 0 fully saturated rings. The van der Waals surface area contributed by atoms with Crippen molar-refractivity contribution in [1.82, 2.24) is 0 Å². The highest BCUT2D eigenvalue weighted by Gasteiger charge is 2.07. The van der Waals surface area contributed by atoms with Crippen LogP contribution in [0.5, 0.6) is 5.75 Å². The average Bonchev–Trinajstić information content (AvgIpc) is 2.13. The maximum atomic E-state index is 10.4. The smallest absolute Gasteiger partial charge is 0.141 e. The largest absolute Gasteiger partial charge is 0.506 e. The molecule has 0 aromatic heterocycles. The van der Waals surface area contributed by atoms with Gasteiger partial charge in [-0.1, -0.05) is 19.1 Å². The van der Waals surface area contributed by atoms with Gasteiger partial charge in [0.2, 0.25) is 0 Å². The minimum Gasteiger partial charge on any atom is -0.506 e. The van der Waals surface area contributed by atoms with Gasteiger partial charge >= 0.3 is 0 Å². The highest BCUT2D eigenvalue weighted by atomic mass is 16.3. The molecule has 0 amide bonds. The first kappa shape index (κ1) is 9.58. The Kier molecular flexibility index (Phi) is 2.90. The third-order valence-electron chi connectivity index (χ3n) is 1.92. The monoisotopic (exact) mass is 179 g/mol. The molecule has 0 radical (unpaired) electrons. The summed E-state index contributed by atoms with van der Waals surface area (Å²) in [4.78, 5) is 10.4. The van der Waals surface area contributed by atoms with E-state index in [0.29, 0.717) is 12.1 Å². The predicted molar refractivity (Wildman–Crippen MR) is 51.5 cm³/mol. The molecular weight excluding hydrogens is 166 g/mol. The second-order valence-corrected chi connectivity index (χ2v) is 3.17. The first-order chi connectivity index (χ1) is 6.15. The van der Waals surface area contributed by atoms with Crippen LogP contribution in [0.25, 0.3) is 0 Å². The summed E-state index contributed by atoms with van der Waals surface area (Å²) in [6.07, 6.45) is 1.39. The fourth-order valence-corrected chi connectivity index (χ4v) is 1.17. The van der Waals surface area contributed by atoms with Crippen LogP contribution in [0.2, 0.25) is 0 Å². The second-order valence-electron chi connectivity index (χ2n) is 3.17. The average molecular weight is 179 g/mol. The molecule has 1 aromatic carbocycles. The molecule has 0 aliphatic carbocycles. The van der Waals surface area contributed by atoms with Crippen molar-refractivity contribution in [1.29, 1.82) is 0 Å². The van der Waals surface area contributed by atoms with E-state index in [-0.39, 0.29) is 11.7 Å². The Hall–Kier alpha value is -1.51. The van der Waals surface area contributed by atoms with Crippen molar-refractivity contribution in [2.45, 2.75) is 13.3 Å². The van der Waals surface area contributed by atoms with Gasteiger partial charge in [-0.25, -0.2) is 0 Å². The van der Waals surface area contributed by atoms with Crippen molar-refractivity contribution in [2.75, 3.05) is 5.73 Å². The molecule has 0 bridgehead atoms. The van der Waals surface area contributed by atoms with Gasteiger partial charge in [-0.3, -0.25) is 0 Å². The van der Waals surface area contributed by atoms with E-state index < -0.39 is 0 Å². The zero-order valence-electron chi connectivity index (χ0n) is 7.53. The van der Waals surface area contributed by atoms with Gasteiger partial charge in [0.15, 0.2) is 0 Å². The molecule has 1 rings (SSSR count). The molecule has 70 valence electrons. The van der Waals surface area contributed by atoms with E-state index >= 15 is 0 Å². The Morgan fingerprint density at radius 3 is 2.92 bits per heavy atom. The Balaban J connectivity index is 2.88. The molecule has 3 N–H and O–H groups in total. The van der Waals surface area contributed by atoms with Crippen LogP contribution in [-0.4, -0.2) is 11.4 Å². The van der Waals surface area contributed by atoms with E-state index in [1.54, 1.807) is 25.1 Å². The number of benzene rings is 1. The number of hydrogen-bond acceptors (Lipinski definition) is 3. The lowest BCUT2D eigenvalue weighted by Gasteiger charge is -2.07. The standard InChI is InChI=1S/C10H13NO2/c1-7(6-12)5-8-3-2-4-9(11)10(8)13/h2-4,6-7,13H,5,11H2,1H3. The molecule has 0 aliphatic heterocycles. The Morgan fingerprint density at radius 1 is 1.62 bits per heavy atom. The topological polar surface area (TPSA) is 63.3 Å². The van der Waals surface area contributed by atoms with E-state index in [1.807, 2.05) is 0 Å². The van der Waals surface area contributed by atoms with Gasteiger partial charge in [-0.05, 0) is 18.1 Å². The van der Waals surface area contributed by atoms with Crippen LogP contribution >= 0.6 is 0 Å². The molecule has 13 heavy (non-hydrogen) atoms. The van der Waals surface area contributed by atoms with E-state index in [9.17, 15) is 9.90 Å². The third kappa shape index (κ3) is 2.21. The number of aromatic hydroxyl groups is 1. The van der Waals surface area contributed by atoms with Gasteiger partial charge in [0.05, 0.1) is 5.69 Å². The number of aldehydes is 1. The molecule has 1 aromatic rings. The summed E-state index contributed by atoms with van der Waals surface area (Å²) in [6.45, 7) is 1.80. The molecule has 0 aliphatic rings. The number of rotatable bonds is 3. The Labute approximate surface area is 77.2 Å². The van der Waals surface area contributed by atoms with Crippen LogP contribution in [0.1, 0.15) is 12.5 Å². The van der Waals surface area contributed by atoms with Gasteiger partial charge < -0.3 is 15.6 Å². The first-order valence-electron chi connectivity index (χ1n) is 4.16. The normalized spacial score (nSPS) is 12.4. The number of anilines is 1. The molecule has 0 heterocycles. The Morgan fingerprint density at radius 2 is 2.31 bits per heavy atom. The van der Waals surface area contributed by atoms with Crippen molar-refractivity contribution in [3.63, 3.8) is 0 Å². The van der Waals surface area contributed by atoms with Crippen molar-refractivity contribution in [3.05, 3.63) is 23.8 Å². The second kappa shape index (κ2) is 3.94. The van der Waals surface area contributed by atoms with Crippen LogP contribution in [0.4, 0.5) is 5.69 Å². The molecule has 0 saturated heterocycles. The van der Waals surface area contributed by atoms with Crippen molar-refractivity contribution >= 4 is 12.0 Å². The molecule has 1 unspecified atom stereocenters. The Bertz CT molecular complexity index is 310. The number of nitrogen functional groups attached to an aromatic ring is 1. The maximum Gasteiger partial charge on any atom is 0.141 e. The third-order valence-corrected chi connectivity index (χ3v) is 1.92.